The van der Waals surface area contributed by atoms with Crippen LogP contribution in [0.15, 0.2) is 75.2 Å². The van der Waals surface area contributed by atoms with Crippen LogP contribution < -0.4 is 10.5 Å². The molecule has 56 heavy (non-hydrogen) atoms. The summed E-state index contributed by atoms with van der Waals surface area (Å²) in [5.74, 6) is 0.178. The molecule has 5 heterocycles. The quantitative estimate of drug-likeness (QED) is 0.170. The summed E-state index contributed by atoms with van der Waals surface area (Å²) in [7, 11) is 0. The van der Waals surface area contributed by atoms with E-state index in [1.807, 2.05) is 12.1 Å². The number of hydrogen-bond acceptors (Lipinski definition) is 10. The second-order valence-corrected chi connectivity index (χ2v) is 16.4. The summed E-state index contributed by atoms with van der Waals surface area (Å²) in [5, 5.41) is 11.8. The zero-order valence-corrected chi connectivity index (χ0v) is 31.8. The zero-order chi connectivity index (χ0) is 40.1. The number of ether oxygens (including phenoxy) is 2. The average Bonchev–Trinajstić information content (AvgIpc) is 3.51. The molecule has 13 nitrogen and oxygen atoms in total. The molecule has 1 aliphatic carbocycles. The fourth-order valence-electron chi connectivity index (χ4n) is 7.23. The number of rotatable bonds is 5. The van der Waals surface area contributed by atoms with Crippen LogP contribution in [0.5, 0.6) is 0 Å². The number of aromatic nitrogens is 5. The molecule has 0 saturated heterocycles. The van der Waals surface area contributed by atoms with Crippen LogP contribution >= 0.6 is 11.6 Å². The molecule has 17 heteroatoms. The summed E-state index contributed by atoms with van der Waals surface area (Å²) < 4.78 is 59.4. The van der Waals surface area contributed by atoms with Crippen molar-refractivity contribution in [1.29, 1.82) is 0 Å². The van der Waals surface area contributed by atoms with Gasteiger partial charge in [0.15, 0.2) is 17.1 Å². The minimum atomic E-state index is -4.68. The molecule has 1 saturated carbocycles. The minimum absolute atomic E-state index is 0.0780. The van der Waals surface area contributed by atoms with Gasteiger partial charge in [-0.1, -0.05) is 28.0 Å². The number of alkyl halides is 3. The Kier molecular flexibility index (Phi) is 8.56. The van der Waals surface area contributed by atoms with Gasteiger partial charge < -0.3 is 18.6 Å². The molecule has 2 aliphatic heterocycles. The molecule has 3 aromatic heterocycles. The van der Waals surface area contributed by atoms with Gasteiger partial charge in [-0.15, -0.1) is 5.10 Å². The summed E-state index contributed by atoms with van der Waals surface area (Å²) in [6, 6.07) is 13.0. The van der Waals surface area contributed by atoms with Crippen molar-refractivity contribution < 1.29 is 36.8 Å². The number of hydrogen-bond donors (Lipinski definition) is 0. The number of fused-ring (bicyclic) bond motifs is 4. The number of anilines is 1. The maximum atomic E-state index is 13.9. The molecule has 3 aliphatic rings. The summed E-state index contributed by atoms with van der Waals surface area (Å²) in [4.78, 5) is 45.9. The van der Waals surface area contributed by atoms with Crippen molar-refractivity contribution in [3.8, 4) is 16.8 Å². The van der Waals surface area contributed by atoms with E-state index in [4.69, 9.17) is 30.6 Å². The lowest BCUT2D eigenvalue weighted by Gasteiger charge is -2.27. The first-order valence-corrected chi connectivity index (χ1v) is 18.1. The Labute approximate surface area is 322 Å². The molecule has 3 atom stereocenters. The molecular weight excluding hydrogens is 755 g/mol. The predicted molar refractivity (Wildman–Crippen MR) is 200 cm³/mol. The number of halogens is 4. The van der Waals surface area contributed by atoms with Crippen molar-refractivity contribution in [3.63, 3.8) is 0 Å². The number of nitrogens with zero attached hydrogens (tertiary/aromatic N) is 7. The molecule has 0 N–H and O–H groups in total. The standard InChI is InChI=1S/C39H35ClF3N7O6/c1-37(2,3)54-35(52)50(36(53)55-38(4,5)6)34-23-9-7-19(13-30(23)56-46-34)21-11-27(44-17-21)33-26-16-25(26)29-12-20(14-32(51)49(29)33)24-15-22(40)8-10-28(24)48-18-31(45-47-48)39(41,42)43/h7-10,12-15,17-18,25-26,33H,11,16H2,1-6H3/t25-,26+,33+/m1/s1. The van der Waals surface area contributed by atoms with E-state index in [2.05, 4.69) is 15.5 Å². The van der Waals surface area contributed by atoms with E-state index in [-0.39, 0.29) is 34.9 Å². The Morgan fingerprint density at radius 2 is 1.66 bits per heavy atom. The fourth-order valence-corrected chi connectivity index (χ4v) is 7.41. The third kappa shape index (κ3) is 6.86. The molecule has 8 rings (SSSR count). The minimum Gasteiger partial charge on any atom is -0.443 e. The molecular formula is C39H35ClF3N7O6. The average molecular weight is 790 g/mol. The van der Waals surface area contributed by atoms with Gasteiger partial charge in [0.1, 0.15) is 11.2 Å². The number of amides is 2. The van der Waals surface area contributed by atoms with E-state index in [0.717, 1.165) is 44.7 Å². The number of carbonyl (C=O) groups excluding carboxylic acids is 2. The van der Waals surface area contributed by atoms with Crippen LogP contribution in [0.4, 0.5) is 28.6 Å². The van der Waals surface area contributed by atoms with E-state index in [1.165, 1.54) is 18.2 Å². The lowest BCUT2D eigenvalue weighted by atomic mass is 9.97. The second kappa shape index (κ2) is 12.9. The first kappa shape index (κ1) is 37.2. The number of imide groups is 1. The van der Waals surface area contributed by atoms with Crippen molar-refractivity contribution in [2.24, 2.45) is 10.9 Å². The van der Waals surface area contributed by atoms with Gasteiger partial charge in [0.25, 0.3) is 5.56 Å². The van der Waals surface area contributed by atoms with Crippen molar-refractivity contribution in [2.75, 3.05) is 4.90 Å². The van der Waals surface area contributed by atoms with E-state index in [9.17, 15) is 27.6 Å². The van der Waals surface area contributed by atoms with Crippen molar-refractivity contribution in [2.45, 2.75) is 83.7 Å². The van der Waals surface area contributed by atoms with Crippen molar-refractivity contribution in [3.05, 3.63) is 93.3 Å². The SMILES string of the molecule is CC(C)(C)OC(=O)N(C(=O)OC(C)(C)C)c1noc2cc(C3=CN=C([C@@H]4[C@H]5C[C@H]5c5cc(-c6cc(Cl)ccc6-n6cc(C(F)(F)F)nn6)cc(=O)n54)C3)ccc12. The van der Waals surface area contributed by atoms with E-state index >= 15 is 0 Å². The molecule has 2 aromatic carbocycles. The lowest BCUT2D eigenvalue weighted by molar-refractivity contribution is -0.141. The Morgan fingerprint density at radius 1 is 0.946 bits per heavy atom. The van der Waals surface area contributed by atoms with Crippen LogP contribution in [0.1, 0.15) is 83.3 Å². The highest BCUT2D eigenvalue weighted by atomic mass is 35.5. The molecule has 1 fully saturated rings. The molecule has 290 valence electrons. The summed E-state index contributed by atoms with van der Waals surface area (Å²) in [6.45, 7) is 10.1. The zero-order valence-electron chi connectivity index (χ0n) is 31.0. The van der Waals surface area contributed by atoms with Gasteiger partial charge in [0.05, 0.1) is 23.3 Å². The monoisotopic (exact) mass is 789 g/mol. The highest BCUT2D eigenvalue weighted by Crippen LogP contribution is 2.60. The lowest BCUT2D eigenvalue weighted by Crippen LogP contribution is -2.44. The fraction of sp³-hybridized carbons (Fsp3) is 0.359. The third-order valence-corrected chi connectivity index (χ3v) is 9.82. The predicted octanol–water partition coefficient (Wildman–Crippen LogP) is 9.13. The van der Waals surface area contributed by atoms with Crippen LogP contribution in [0, 0.1) is 5.92 Å². The number of pyridine rings is 1. The Morgan fingerprint density at radius 3 is 2.32 bits per heavy atom. The van der Waals surface area contributed by atoms with Crippen LogP contribution in [-0.4, -0.2) is 53.8 Å². The molecule has 0 radical (unpaired) electrons. The Bertz CT molecular complexity index is 2550. The van der Waals surface area contributed by atoms with E-state index < -0.39 is 35.3 Å². The highest BCUT2D eigenvalue weighted by Gasteiger charge is 2.54. The maximum Gasteiger partial charge on any atom is 0.436 e. The van der Waals surface area contributed by atoms with Gasteiger partial charge in [-0.25, -0.2) is 14.3 Å². The normalized spacial score (nSPS) is 19.0. The first-order valence-electron chi connectivity index (χ1n) is 17.7. The highest BCUT2D eigenvalue weighted by molar-refractivity contribution is 6.31. The summed E-state index contributed by atoms with van der Waals surface area (Å²) >= 11 is 6.33. The van der Waals surface area contributed by atoms with Gasteiger partial charge in [0.2, 0.25) is 0 Å². The van der Waals surface area contributed by atoms with Crippen LogP contribution in [0.25, 0.3) is 33.4 Å². The van der Waals surface area contributed by atoms with E-state index in [1.54, 1.807) is 70.5 Å². The number of aliphatic imine (C=N–C) groups is 1. The summed E-state index contributed by atoms with van der Waals surface area (Å²) in [6.07, 6.45) is -2.77. The molecule has 0 bridgehead atoms. The smallest absolute Gasteiger partial charge is 0.436 e. The molecule has 0 unspecified atom stereocenters. The van der Waals surface area contributed by atoms with Gasteiger partial charge in [-0.05, 0) is 107 Å². The molecule has 5 aromatic rings. The second-order valence-electron chi connectivity index (χ2n) is 16.0. The summed E-state index contributed by atoms with van der Waals surface area (Å²) in [5.41, 5.74) is 1.55. The largest absolute Gasteiger partial charge is 0.443 e. The first-order chi connectivity index (χ1) is 26.3. The van der Waals surface area contributed by atoms with Crippen LogP contribution in [0.2, 0.25) is 5.02 Å². The maximum absolute atomic E-state index is 13.9. The molecule has 0 spiro atoms. The van der Waals surface area contributed by atoms with Crippen LogP contribution in [0.3, 0.4) is 0 Å². The topological polar surface area (TPSA) is 147 Å². The van der Waals surface area contributed by atoms with Gasteiger partial charge in [-0.2, -0.15) is 18.1 Å². The van der Waals surface area contributed by atoms with Gasteiger partial charge in [0, 0.05) is 46.6 Å². The van der Waals surface area contributed by atoms with Gasteiger partial charge in [-0.3, -0.25) is 9.79 Å². The van der Waals surface area contributed by atoms with Crippen molar-refractivity contribution >= 4 is 51.9 Å². The van der Waals surface area contributed by atoms with Crippen molar-refractivity contribution in [1.82, 2.24) is 24.7 Å². The number of benzene rings is 2. The Hall–Kier alpha value is -5.77. The number of allylic oxidation sites excluding steroid dienone is 1. The third-order valence-electron chi connectivity index (χ3n) is 9.59. The Balaban J connectivity index is 1.05. The van der Waals surface area contributed by atoms with E-state index in [0.29, 0.717) is 33.5 Å². The van der Waals surface area contributed by atoms with Crippen LogP contribution in [-0.2, 0) is 15.7 Å². The number of carbonyl (C=O) groups is 2. The van der Waals surface area contributed by atoms with Gasteiger partial charge >= 0.3 is 18.4 Å². The molecule has 2 amide bonds.